The van der Waals surface area contributed by atoms with E-state index in [1.54, 1.807) is 0 Å². The second-order valence-electron chi connectivity index (χ2n) is 7.12. The Bertz CT molecular complexity index is 222. The van der Waals surface area contributed by atoms with Crippen LogP contribution in [0.3, 0.4) is 0 Å². The van der Waals surface area contributed by atoms with Crippen LogP contribution in [0.5, 0.6) is 0 Å². The number of hydrogen-bond donors (Lipinski definition) is 0. The maximum atomic E-state index is 5.72. The summed E-state index contributed by atoms with van der Waals surface area (Å²) in [4.78, 5) is 11.1. The number of unbranched alkanes of at least 4 members (excludes halogenated alkanes) is 8. The van der Waals surface area contributed by atoms with E-state index in [1.807, 2.05) is 0 Å². The van der Waals surface area contributed by atoms with Crippen molar-refractivity contribution in [2.24, 2.45) is 5.92 Å². The fourth-order valence-electron chi connectivity index (χ4n) is 3.54. The van der Waals surface area contributed by atoms with E-state index >= 15 is 0 Å². The standard InChI is InChI=1S/C20H40O2/c1-3-5-7-9-10-12-16-19(15-11-8-6-4-2)20-17-13-14-18-21-22-20/h19-20H,3-18H2,1-2H3. The summed E-state index contributed by atoms with van der Waals surface area (Å²) in [5, 5.41) is 0. The smallest absolute Gasteiger partial charge is 0.0958 e. The molecule has 0 radical (unpaired) electrons. The third-order valence-corrected chi connectivity index (χ3v) is 5.04. The molecule has 0 aliphatic carbocycles. The highest BCUT2D eigenvalue weighted by molar-refractivity contribution is 4.72. The van der Waals surface area contributed by atoms with Gasteiger partial charge in [-0.1, -0.05) is 78.1 Å². The lowest BCUT2D eigenvalue weighted by Gasteiger charge is -2.25. The molecule has 2 heteroatoms. The molecule has 0 aromatic rings. The third kappa shape index (κ3) is 9.84. The summed E-state index contributed by atoms with van der Waals surface area (Å²) in [5.41, 5.74) is 0. The van der Waals surface area contributed by atoms with Crippen LogP contribution in [0.2, 0.25) is 0 Å². The van der Waals surface area contributed by atoms with E-state index in [-0.39, 0.29) is 0 Å². The average Bonchev–Trinajstić information content (AvgIpc) is 2.82. The fraction of sp³-hybridized carbons (Fsp3) is 1.00. The monoisotopic (exact) mass is 312 g/mol. The van der Waals surface area contributed by atoms with E-state index in [1.165, 1.54) is 89.9 Å². The first-order valence-corrected chi connectivity index (χ1v) is 10.2. The van der Waals surface area contributed by atoms with Crippen LogP contribution < -0.4 is 0 Å². The van der Waals surface area contributed by atoms with E-state index in [9.17, 15) is 0 Å². The molecule has 1 aliphatic heterocycles. The Balaban J connectivity index is 2.26. The van der Waals surface area contributed by atoms with Crippen LogP contribution >= 0.6 is 0 Å². The first-order valence-electron chi connectivity index (χ1n) is 10.2. The number of rotatable bonds is 13. The van der Waals surface area contributed by atoms with Gasteiger partial charge in [-0.15, -0.1) is 0 Å². The first kappa shape index (κ1) is 20.0. The zero-order valence-electron chi connectivity index (χ0n) is 15.3. The van der Waals surface area contributed by atoms with Crippen molar-refractivity contribution in [3.8, 4) is 0 Å². The molecule has 0 aromatic heterocycles. The molecular formula is C20H40O2. The molecule has 0 spiro atoms. The van der Waals surface area contributed by atoms with Crippen molar-refractivity contribution >= 4 is 0 Å². The van der Waals surface area contributed by atoms with Gasteiger partial charge in [-0.3, -0.25) is 0 Å². The molecular weight excluding hydrogens is 272 g/mol. The maximum Gasteiger partial charge on any atom is 0.0958 e. The minimum absolute atomic E-state index is 0.361. The predicted molar refractivity (Wildman–Crippen MR) is 94.9 cm³/mol. The Kier molecular flexibility index (Phi) is 13.2. The molecule has 0 aromatic carbocycles. The normalized spacial score (nSPS) is 20.7. The minimum atomic E-state index is 0.361. The Labute approximate surface area is 139 Å². The van der Waals surface area contributed by atoms with E-state index < -0.39 is 0 Å². The van der Waals surface area contributed by atoms with Crippen LogP contribution in [-0.4, -0.2) is 12.7 Å². The lowest BCUT2D eigenvalue weighted by atomic mass is 9.87. The van der Waals surface area contributed by atoms with Gasteiger partial charge in [0.2, 0.25) is 0 Å². The topological polar surface area (TPSA) is 18.5 Å². The van der Waals surface area contributed by atoms with Gasteiger partial charge in [0.05, 0.1) is 12.7 Å². The zero-order valence-corrected chi connectivity index (χ0v) is 15.3. The van der Waals surface area contributed by atoms with E-state index in [4.69, 9.17) is 9.78 Å². The van der Waals surface area contributed by atoms with Gasteiger partial charge in [0.1, 0.15) is 0 Å². The third-order valence-electron chi connectivity index (χ3n) is 5.04. The summed E-state index contributed by atoms with van der Waals surface area (Å²) in [5.74, 6) is 0.723. The molecule has 1 heterocycles. The summed E-state index contributed by atoms with van der Waals surface area (Å²) < 4.78 is 0. The Morgan fingerprint density at radius 3 is 2.05 bits per heavy atom. The van der Waals surface area contributed by atoms with Crippen LogP contribution in [0.1, 0.15) is 110 Å². The maximum absolute atomic E-state index is 5.72. The Morgan fingerprint density at radius 1 is 0.773 bits per heavy atom. The van der Waals surface area contributed by atoms with Gasteiger partial charge in [0.25, 0.3) is 0 Å². The second-order valence-corrected chi connectivity index (χ2v) is 7.12. The quantitative estimate of drug-likeness (QED) is 0.274. The molecule has 1 saturated heterocycles. The van der Waals surface area contributed by atoms with Gasteiger partial charge in [-0.25, -0.2) is 9.78 Å². The van der Waals surface area contributed by atoms with Crippen molar-refractivity contribution in [1.82, 2.24) is 0 Å². The molecule has 2 nitrogen and oxygen atoms in total. The van der Waals surface area contributed by atoms with Crippen LogP contribution in [-0.2, 0) is 9.78 Å². The van der Waals surface area contributed by atoms with Gasteiger partial charge < -0.3 is 0 Å². The molecule has 0 saturated carbocycles. The van der Waals surface area contributed by atoms with E-state index in [2.05, 4.69) is 13.8 Å². The largest absolute Gasteiger partial charge is 0.236 e. The van der Waals surface area contributed by atoms with Crippen molar-refractivity contribution in [2.45, 2.75) is 116 Å². The second kappa shape index (κ2) is 14.5. The van der Waals surface area contributed by atoms with Crippen LogP contribution in [0.25, 0.3) is 0 Å². The molecule has 1 aliphatic rings. The van der Waals surface area contributed by atoms with Gasteiger partial charge in [-0.2, -0.15) is 0 Å². The van der Waals surface area contributed by atoms with E-state index in [0.29, 0.717) is 6.10 Å². The fourth-order valence-corrected chi connectivity index (χ4v) is 3.54. The summed E-state index contributed by atoms with van der Waals surface area (Å²) in [6, 6.07) is 0. The molecule has 0 N–H and O–H groups in total. The van der Waals surface area contributed by atoms with Gasteiger partial charge in [0.15, 0.2) is 0 Å². The molecule has 1 fully saturated rings. The van der Waals surface area contributed by atoms with Gasteiger partial charge in [0, 0.05) is 0 Å². The average molecular weight is 313 g/mol. The Morgan fingerprint density at radius 2 is 1.36 bits per heavy atom. The molecule has 22 heavy (non-hydrogen) atoms. The summed E-state index contributed by atoms with van der Waals surface area (Å²) in [6.07, 6.45) is 20.5. The molecule has 2 atom stereocenters. The highest BCUT2D eigenvalue weighted by Gasteiger charge is 2.24. The van der Waals surface area contributed by atoms with Crippen molar-refractivity contribution in [2.75, 3.05) is 6.61 Å². The summed E-state index contributed by atoms with van der Waals surface area (Å²) in [7, 11) is 0. The van der Waals surface area contributed by atoms with Crippen molar-refractivity contribution in [3.63, 3.8) is 0 Å². The minimum Gasteiger partial charge on any atom is -0.236 e. The first-order chi connectivity index (χ1) is 10.9. The molecule has 1 rings (SSSR count). The highest BCUT2D eigenvalue weighted by atomic mass is 17.2. The molecule has 132 valence electrons. The van der Waals surface area contributed by atoms with Crippen LogP contribution in [0, 0.1) is 5.92 Å². The molecule has 0 amide bonds. The molecule has 2 unspecified atom stereocenters. The number of hydrogen-bond acceptors (Lipinski definition) is 2. The summed E-state index contributed by atoms with van der Waals surface area (Å²) in [6.45, 7) is 5.36. The van der Waals surface area contributed by atoms with Gasteiger partial charge >= 0.3 is 0 Å². The zero-order chi connectivity index (χ0) is 15.9. The predicted octanol–water partition coefficient (Wildman–Crippen LogP) is 6.82. The molecule has 0 bridgehead atoms. The van der Waals surface area contributed by atoms with Gasteiger partial charge in [-0.05, 0) is 38.0 Å². The SMILES string of the molecule is CCCCCCCCC(CCCCCC)C1CCCCOO1. The van der Waals surface area contributed by atoms with Crippen molar-refractivity contribution in [1.29, 1.82) is 0 Å². The van der Waals surface area contributed by atoms with Crippen molar-refractivity contribution in [3.05, 3.63) is 0 Å². The Hall–Kier alpha value is -0.0800. The van der Waals surface area contributed by atoms with Crippen LogP contribution in [0.15, 0.2) is 0 Å². The summed E-state index contributed by atoms with van der Waals surface area (Å²) >= 11 is 0. The van der Waals surface area contributed by atoms with Crippen LogP contribution in [0.4, 0.5) is 0 Å². The lowest BCUT2D eigenvalue weighted by Crippen LogP contribution is -2.23. The van der Waals surface area contributed by atoms with E-state index in [0.717, 1.165) is 18.9 Å². The lowest BCUT2D eigenvalue weighted by molar-refractivity contribution is -0.327. The highest BCUT2D eigenvalue weighted by Crippen LogP contribution is 2.28. The van der Waals surface area contributed by atoms with Crippen molar-refractivity contribution < 1.29 is 9.78 Å².